The van der Waals surface area contributed by atoms with Gasteiger partial charge in [0.25, 0.3) is 0 Å². The molecule has 0 aliphatic rings. The van der Waals surface area contributed by atoms with E-state index in [4.69, 9.17) is 4.74 Å². The number of halogens is 1. The van der Waals surface area contributed by atoms with E-state index in [0.29, 0.717) is 29.9 Å². The topological polar surface area (TPSA) is 69.0 Å². The number of hydrogen-bond donors (Lipinski definition) is 1. The lowest BCUT2D eigenvalue weighted by Crippen LogP contribution is -2.15. The monoisotopic (exact) mass is 412 g/mol. The first-order valence-electron chi connectivity index (χ1n) is 9.07. The normalized spacial score (nSPS) is 10.6. The van der Waals surface area contributed by atoms with Gasteiger partial charge in [0.2, 0.25) is 5.91 Å². The summed E-state index contributed by atoms with van der Waals surface area (Å²) in [5.74, 6) is 0.601. The van der Waals surface area contributed by atoms with Crippen LogP contribution >= 0.6 is 11.8 Å². The Balaban J connectivity index is 1.78. The summed E-state index contributed by atoms with van der Waals surface area (Å²) in [5.41, 5.74) is 0.961. The van der Waals surface area contributed by atoms with Crippen molar-refractivity contribution in [3.63, 3.8) is 0 Å². The Labute approximate surface area is 172 Å². The molecule has 0 spiro atoms. The standard InChI is InChI=1S/C21H21FN4O2S/c1-3-13-26-20(15-9-5-8-12-18(15)28-4-2)24-25-21(26)29-14-19(27)23-17-11-7-6-10-16(17)22/h3,5-12H,1,4,13-14H2,2H3,(H,23,27). The Morgan fingerprint density at radius 1 is 1.24 bits per heavy atom. The van der Waals surface area contributed by atoms with Crippen molar-refractivity contribution in [2.45, 2.75) is 18.6 Å². The van der Waals surface area contributed by atoms with Crippen LogP contribution in [0.5, 0.6) is 5.75 Å². The number of ether oxygens (including phenoxy) is 1. The van der Waals surface area contributed by atoms with Crippen LogP contribution < -0.4 is 10.1 Å². The molecular weight excluding hydrogens is 391 g/mol. The van der Waals surface area contributed by atoms with E-state index in [9.17, 15) is 9.18 Å². The van der Waals surface area contributed by atoms with Gasteiger partial charge in [0.15, 0.2) is 11.0 Å². The van der Waals surface area contributed by atoms with Crippen LogP contribution in [0.15, 0.2) is 66.3 Å². The Morgan fingerprint density at radius 3 is 2.76 bits per heavy atom. The number of nitrogens with one attached hydrogen (secondary N) is 1. The minimum atomic E-state index is -0.476. The zero-order valence-corrected chi connectivity index (χ0v) is 16.8. The van der Waals surface area contributed by atoms with Crippen molar-refractivity contribution in [2.24, 2.45) is 0 Å². The first-order valence-corrected chi connectivity index (χ1v) is 10.1. The molecule has 0 saturated heterocycles. The van der Waals surface area contributed by atoms with Crippen LogP contribution in [0.3, 0.4) is 0 Å². The number of carbonyl (C=O) groups excluding carboxylic acids is 1. The molecule has 1 aromatic heterocycles. The summed E-state index contributed by atoms with van der Waals surface area (Å²) in [6.07, 6.45) is 1.74. The highest BCUT2D eigenvalue weighted by Gasteiger charge is 2.18. The SMILES string of the molecule is C=CCn1c(SCC(=O)Nc2ccccc2F)nnc1-c1ccccc1OCC. The summed E-state index contributed by atoms with van der Waals surface area (Å²) in [4.78, 5) is 12.2. The van der Waals surface area contributed by atoms with E-state index in [0.717, 1.165) is 5.56 Å². The number of rotatable bonds is 9. The molecule has 3 rings (SSSR count). The second-order valence-corrected chi connectivity index (χ2v) is 6.89. The average molecular weight is 412 g/mol. The van der Waals surface area contributed by atoms with Crippen LogP contribution in [0.25, 0.3) is 11.4 Å². The molecule has 0 unspecified atom stereocenters. The fourth-order valence-electron chi connectivity index (χ4n) is 2.70. The van der Waals surface area contributed by atoms with Crippen molar-refractivity contribution >= 4 is 23.4 Å². The number of para-hydroxylation sites is 2. The number of nitrogens with zero attached hydrogens (tertiary/aromatic N) is 3. The van der Waals surface area contributed by atoms with Gasteiger partial charge in [0, 0.05) is 6.54 Å². The fraction of sp³-hybridized carbons (Fsp3) is 0.190. The first kappa shape index (κ1) is 20.6. The number of thioether (sulfide) groups is 1. The average Bonchev–Trinajstić information content (AvgIpc) is 3.12. The molecule has 2 aromatic carbocycles. The minimum absolute atomic E-state index is 0.0662. The molecule has 8 heteroatoms. The fourth-order valence-corrected chi connectivity index (χ4v) is 3.45. The van der Waals surface area contributed by atoms with E-state index in [1.54, 1.807) is 18.2 Å². The highest BCUT2D eigenvalue weighted by Crippen LogP contribution is 2.31. The molecule has 29 heavy (non-hydrogen) atoms. The summed E-state index contributed by atoms with van der Waals surface area (Å²) in [7, 11) is 0. The maximum atomic E-state index is 13.7. The third-order valence-electron chi connectivity index (χ3n) is 3.94. The first-order chi connectivity index (χ1) is 14.1. The minimum Gasteiger partial charge on any atom is -0.493 e. The molecule has 150 valence electrons. The number of anilines is 1. The number of allylic oxidation sites excluding steroid dienone is 1. The van der Waals surface area contributed by atoms with E-state index < -0.39 is 5.82 Å². The van der Waals surface area contributed by atoms with E-state index in [1.165, 1.54) is 23.9 Å². The largest absolute Gasteiger partial charge is 0.493 e. The van der Waals surface area contributed by atoms with E-state index in [1.807, 2.05) is 35.8 Å². The van der Waals surface area contributed by atoms with Crippen molar-refractivity contribution in [3.05, 3.63) is 67.0 Å². The summed E-state index contributed by atoms with van der Waals surface area (Å²) < 4.78 is 21.3. The highest BCUT2D eigenvalue weighted by atomic mass is 32.2. The molecule has 3 aromatic rings. The Morgan fingerprint density at radius 2 is 2.00 bits per heavy atom. The summed E-state index contributed by atoms with van der Waals surface area (Å²) in [5, 5.41) is 11.7. The van der Waals surface area contributed by atoms with Gasteiger partial charge in [-0.15, -0.1) is 16.8 Å². The third-order valence-corrected chi connectivity index (χ3v) is 4.90. The van der Waals surface area contributed by atoms with Crippen LogP contribution in [0.1, 0.15) is 6.92 Å². The van der Waals surface area contributed by atoms with Gasteiger partial charge < -0.3 is 10.1 Å². The molecule has 0 aliphatic heterocycles. The smallest absolute Gasteiger partial charge is 0.234 e. The molecule has 0 aliphatic carbocycles. The predicted molar refractivity (Wildman–Crippen MR) is 113 cm³/mol. The predicted octanol–water partition coefficient (Wildman–Crippen LogP) is 4.40. The van der Waals surface area contributed by atoms with Gasteiger partial charge in [-0.2, -0.15) is 0 Å². The van der Waals surface area contributed by atoms with Crippen molar-refractivity contribution in [2.75, 3.05) is 17.7 Å². The molecule has 0 atom stereocenters. The lowest BCUT2D eigenvalue weighted by atomic mass is 10.2. The molecule has 6 nitrogen and oxygen atoms in total. The quantitative estimate of drug-likeness (QED) is 0.417. The Hall–Kier alpha value is -3.13. The Bertz CT molecular complexity index is 1010. The molecule has 1 amide bonds. The molecule has 0 fully saturated rings. The number of benzene rings is 2. The number of hydrogen-bond acceptors (Lipinski definition) is 5. The van der Waals surface area contributed by atoms with Crippen LogP contribution in [-0.4, -0.2) is 33.0 Å². The number of carbonyl (C=O) groups is 1. The second-order valence-electron chi connectivity index (χ2n) is 5.95. The summed E-state index contributed by atoms with van der Waals surface area (Å²) >= 11 is 1.22. The van der Waals surface area contributed by atoms with Crippen LogP contribution in [0, 0.1) is 5.82 Å². The van der Waals surface area contributed by atoms with Gasteiger partial charge in [-0.25, -0.2) is 4.39 Å². The molecule has 1 heterocycles. The van der Waals surface area contributed by atoms with E-state index >= 15 is 0 Å². The van der Waals surface area contributed by atoms with Gasteiger partial charge in [-0.3, -0.25) is 9.36 Å². The molecular formula is C21H21FN4O2S. The van der Waals surface area contributed by atoms with Crippen molar-refractivity contribution < 1.29 is 13.9 Å². The highest BCUT2D eigenvalue weighted by molar-refractivity contribution is 7.99. The lowest BCUT2D eigenvalue weighted by molar-refractivity contribution is -0.113. The van der Waals surface area contributed by atoms with E-state index in [-0.39, 0.29) is 17.3 Å². The van der Waals surface area contributed by atoms with Crippen LogP contribution in [0.4, 0.5) is 10.1 Å². The molecule has 1 N–H and O–H groups in total. The summed E-state index contributed by atoms with van der Waals surface area (Å²) in [6, 6.07) is 13.6. The van der Waals surface area contributed by atoms with Gasteiger partial charge in [0.1, 0.15) is 11.6 Å². The number of amides is 1. The van der Waals surface area contributed by atoms with Crippen molar-refractivity contribution in [3.8, 4) is 17.1 Å². The lowest BCUT2D eigenvalue weighted by Gasteiger charge is -2.11. The molecule has 0 bridgehead atoms. The van der Waals surface area contributed by atoms with Crippen LogP contribution in [0.2, 0.25) is 0 Å². The summed E-state index contributed by atoms with van der Waals surface area (Å²) in [6.45, 7) is 6.71. The molecule has 0 radical (unpaired) electrons. The van der Waals surface area contributed by atoms with Gasteiger partial charge in [0.05, 0.1) is 23.6 Å². The van der Waals surface area contributed by atoms with Crippen molar-refractivity contribution in [1.82, 2.24) is 14.8 Å². The Kier molecular flexibility index (Phi) is 7.02. The van der Waals surface area contributed by atoms with E-state index in [2.05, 4.69) is 22.1 Å². The zero-order valence-electron chi connectivity index (χ0n) is 16.0. The number of aromatic nitrogens is 3. The van der Waals surface area contributed by atoms with Gasteiger partial charge >= 0.3 is 0 Å². The third kappa shape index (κ3) is 5.03. The second kappa shape index (κ2) is 9.88. The maximum Gasteiger partial charge on any atom is 0.234 e. The van der Waals surface area contributed by atoms with Crippen molar-refractivity contribution in [1.29, 1.82) is 0 Å². The van der Waals surface area contributed by atoms with Gasteiger partial charge in [-0.05, 0) is 31.2 Å². The maximum absolute atomic E-state index is 13.7. The zero-order chi connectivity index (χ0) is 20.6. The van der Waals surface area contributed by atoms with Crippen LogP contribution in [-0.2, 0) is 11.3 Å². The molecule has 0 saturated carbocycles. The van der Waals surface area contributed by atoms with Gasteiger partial charge in [-0.1, -0.05) is 42.1 Å².